The molecule has 0 aliphatic heterocycles. The van der Waals surface area contributed by atoms with E-state index < -0.39 is 0 Å². The third-order valence-corrected chi connectivity index (χ3v) is 2.19. The van der Waals surface area contributed by atoms with Crippen molar-refractivity contribution in [1.29, 1.82) is 0 Å². The lowest BCUT2D eigenvalue weighted by Crippen LogP contribution is -2.09. The summed E-state index contributed by atoms with van der Waals surface area (Å²) in [7, 11) is 1.91. The molecule has 72 valence electrons. The van der Waals surface area contributed by atoms with E-state index in [2.05, 4.69) is 15.3 Å². The minimum atomic E-state index is 0.768. The first kappa shape index (κ1) is 9.09. The molecule has 0 radical (unpaired) electrons. The van der Waals surface area contributed by atoms with Gasteiger partial charge in [0.25, 0.3) is 0 Å². The molecule has 0 aliphatic rings. The zero-order valence-corrected chi connectivity index (χ0v) is 8.41. The summed E-state index contributed by atoms with van der Waals surface area (Å²) in [5.41, 5.74) is 3.94. The van der Waals surface area contributed by atoms with Crippen LogP contribution in [-0.2, 0) is 6.54 Å². The second-order valence-corrected chi connectivity index (χ2v) is 3.27. The van der Waals surface area contributed by atoms with Crippen LogP contribution < -0.4 is 5.32 Å². The number of hydrogen-bond acceptors (Lipinski definition) is 3. The van der Waals surface area contributed by atoms with E-state index in [1.807, 2.05) is 38.2 Å². The molecule has 3 heteroatoms. The van der Waals surface area contributed by atoms with Crippen molar-refractivity contribution in [3.8, 4) is 0 Å². The maximum absolute atomic E-state index is 4.54. The van der Waals surface area contributed by atoms with Crippen LogP contribution in [0.15, 0.2) is 24.3 Å². The van der Waals surface area contributed by atoms with Gasteiger partial charge in [-0.05, 0) is 26.1 Å². The monoisotopic (exact) mass is 187 g/mol. The van der Waals surface area contributed by atoms with Crippen LogP contribution in [0.4, 0.5) is 0 Å². The summed E-state index contributed by atoms with van der Waals surface area (Å²) < 4.78 is 0. The Labute approximate surface area is 83.2 Å². The van der Waals surface area contributed by atoms with Crippen molar-refractivity contribution in [2.45, 2.75) is 13.5 Å². The first-order valence-electron chi connectivity index (χ1n) is 4.68. The van der Waals surface area contributed by atoms with Crippen molar-refractivity contribution in [3.63, 3.8) is 0 Å². The summed E-state index contributed by atoms with van der Waals surface area (Å²) in [6.07, 6.45) is 0. The van der Waals surface area contributed by atoms with Crippen LogP contribution >= 0.6 is 0 Å². The molecule has 0 spiro atoms. The van der Waals surface area contributed by atoms with E-state index in [0.29, 0.717) is 0 Å². The highest BCUT2D eigenvalue weighted by atomic mass is 14.9. The van der Waals surface area contributed by atoms with Gasteiger partial charge in [0.2, 0.25) is 0 Å². The summed E-state index contributed by atoms with van der Waals surface area (Å²) in [6, 6.07) is 7.93. The van der Waals surface area contributed by atoms with Crippen molar-refractivity contribution < 1.29 is 0 Å². The molecule has 0 saturated carbocycles. The Bertz CT molecular complexity index is 451. The average Bonchev–Trinajstić information content (AvgIpc) is 2.19. The van der Waals surface area contributed by atoms with Crippen LogP contribution in [-0.4, -0.2) is 17.0 Å². The maximum atomic E-state index is 4.54. The van der Waals surface area contributed by atoms with Gasteiger partial charge in [0.05, 0.1) is 22.4 Å². The third kappa shape index (κ3) is 1.59. The summed E-state index contributed by atoms with van der Waals surface area (Å²) in [5, 5.41) is 3.09. The Morgan fingerprint density at radius 1 is 1.14 bits per heavy atom. The minimum Gasteiger partial charge on any atom is -0.314 e. The van der Waals surface area contributed by atoms with E-state index in [9.17, 15) is 0 Å². The van der Waals surface area contributed by atoms with E-state index >= 15 is 0 Å². The van der Waals surface area contributed by atoms with Gasteiger partial charge in [-0.25, -0.2) is 9.97 Å². The predicted molar refractivity (Wildman–Crippen MR) is 57.0 cm³/mol. The van der Waals surface area contributed by atoms with Crippen molar-refractivity contribution in [2.75, 3.05) is 7.05 Å². The van der Waals surface area contributed by atoms with Crippen molar-refractivity contribution in [1.82, 2.24) is 15.3 Å². The SMILES string of the molecule is CNCc1nc2ccccc2nc1C. The van der Waals surface area contributed by atoms with Gasteiger partial charge in [-0.1, -0.05) is 12.1 Å². The summed E-state index contributed by atoms with van der Waals surface area (Å²) in [5.74, 6) is 0. The van der Waals surface area contributed by atoms with Gasteiger partial charge < -0.3 is 5.32 Å². The fourth-order valence-electron chi connectivity index (χ4n) is 1.46. The lowest BCUT2D eigenvalue weighted by Gasteiger charge is -2.05. The van der Waals surface area contributed by atoms with E-state index in [0.717, 1.165) is 29.0 Å². The van der Waals surface area contributed by atoms with Gasteiger partial charge >= 0.3 is 0 Å². The minimum absolute atomic E-state index is 0.768. The van der Waals surface area contributed by atoms with Crippen LogP contribution in [0.2, 0.25) is 0 Å². The highest BCUT2D eigenvalue weighted by molar-refractivity contribution is 5.74. The topological polar surface area (TPSA) is 37.8 Å². The maximum Gasteiger partial charge on any atom is 0.0890 e. The molecular weight excluding hydrogens is 174 g/mol. The van der Waals surface area contributed by atoms with Crippen LogP contribution in [0.25, 0.3) is 11.0 Å². The molecule has 2 rings (SSSR count). The van der Waals surface area contributed by atoms with Gasteiger partial charge in [0.1, 0.15) is 0 Å². The van der Waals surface area contributed by atoms with Crippen LogP contribution in [0, 0.1) is 6.92 Å². The van der Waals surface area contributed by atoms with E-state index in [-0.39, 0.29) is 0 Å². The number of nitrogens with one attached hydrogen (secondary N) is 1. The molecule has 14 heavy (non-hydrogen) atoms. The molecule has 0 unspecified atom stereocenters. The Morgan fingerprint density at radius 3 is 2.43 bits per heavy atom. The zero-order chi connectivity index (χ0) is 9.97. The average molecular weight is 187 g/mol. The Balaban J connectivity index is 2.59. The highest BCUT2D eigenvalue weighted by Gasteiger charge is 2.02. The van der Waals surface area contributed by atoms with E-state index in [1.54, 1.807) is 0 Å². The largest absolute Gasteiger partial charge is 0.314 e. The fourth-order valence-corrected chi connectivity index (χ4v) is 1.46. The molecule has 3 nitrogen and oxygen atoms in total. The van der Waals surface area contributed by atoms with Crippen molar-refractivity contribution in [2.24, 2.45) is 0 Å². The molecular formula is C11H13N3. The van der Waals surface area contributed by atoms with Gasteiger partial charge in [-0.15, -0.1) is 0 Å². The van der Waals surface area contributed by atoms with E-state index in [1.165, 1.54) is 0 Å². The van der Waals surface area contributed by atoms with Gasteiger partial charge in [-0.2, -0.15) is 0 Å². The number of aromatic nitrogens is 2. The Morgan fingerprint density at radius 2 is 1.79 bits per heavy atom. The number of fused-ring (bicyclic) bond motifs is 1. The summed E-state index contributed by atoms with van der Waals surface area (Å²) in [6.45, 7) is 2.76. The number of hydrogen-bond donors (Lipinski definition) is 1. The van der Waals surface area contributed by atoms with Crippen LogP contribution in [0.5, 0.6) is 0 Å². The van der Waals surface area contributed by atoms with Crippen molar-refractivity contribution in [3.05, 3.63) is 35.7 Å². The first-order valence-corrected chi connectivity index (χ1v) is 4.68. The molecule has 0 aliphatic carbocycles. The Kier molecular flexibility index (Phi) is 2.41. The molecule has 0 bridgehead atoms. The number of rotatable bonds is 2. The molecule has 1 heterocycles. The summed E-state index contributed by atoms with van der Waals surface area (Å²) in [4.78, 5) is 9.03. The second kappa shape index (κ2) is 3.72. The molecule has 1 aromatic carbocycles. The van der Waals surface area contributed by atoms with Crippen LogP contribution in [0.1, 0.15) is 11.4 Å². The zero-order valence-electron chi connectivity index (χ0n) is 8.41. The number of aryl methyl sites for hydroxylation is 1. The van der Waals surface area contributed by atoms with Gasteiger partial charge in [0.15, 0.2) is 0 Å². The number of para-hydroxylation sites is 2. The molecule has 0 amide bonds. The fraction of sp³-hybridized carbons (Fsp3) is 0.273. The molecule has 0 atom stereocenters. The predicted octanol–water partition coefficient (Wildman–Crippen LogP) is 1.66. The summed E-state index contributed by atoms with van der Waals surface area (Å²) >= 11 is 0. The second-order valence-electron chi connectivity index (χ2n) is 3.27. The quantitative estimate of drug-likeness (QED) is 0.777. The smallest absolute Gasteiger partial charge is 0.0890 e. The van der Waals surface area contributed by atoms with Crippen molar-refractivity contribution >= 4 is 11.0 Å². The normalized spacial score (nSPS) is 10.7. The first-order chi connectivity index (χ1) is 6.81. The standard InChI is InChI=1S/C11H13N3/c1-8-11(7-12-2)14-10-6-4-3-5-9(10)13-8/h3-6,12H,7H2,1-2H3. The van der Waals surface area contributed by atoms with Gasteiger partial charge in [-0.3, -0.25) is 0 Å². The van der Waals surface area contributed by atoms with Gasteiger partial charge in [0, 0.05) is 6.54 Å². The molecule has 2 aromatic rings. The number of nitrogens with zero attached hydrogens (tertiary/aromatic N) is 2. The molecule has 1 N–H and O–H groups in total. The van der Waals surface area contributed by atoms with Crippen LogP contribution in [0.3, 0.4) is 0 Å². The lowest BCUT2D eigenvalue weighted by atomic mass is 10.2. The molecule has 1 aromatic heterocycles. The molecule has 0 fully saturated rings. The highest BCUT2D eigenvalue weighted by Crippen LogP contribution is 2.11. The molecule has 0 saturated heterocycles. The van der Waals surface area contributed by atoms with E-state index in [4.69, 9.17) is 0 Å². The number of benzene rings is 1. The third-order valence-electron chi connectivity index (χ3n) is 2.19. The lowest BCUT2D eigenvalue weighted by molar-refractivity contribution is 0.781. The Hall–Kier alpha value is -1.48.